The van der Waals surface area contributed by atoms with Crippen LogP contribution in [0.4, 0.5) is 5.82 Å². The van der Waals surface area contributed by atoms with Gasteiger partial charge in [0.2, 0.25) is 11.7 Å². The predicted molar refractivity (Wildman–Crippen MR) is 131 cm³/mol. The van der Waals surface area contributed by atoms with Gasteiger partial charge in [-0.15, -0.1) is 0 Å². The topological polar surface area (TPSA) is 87.4 Å². The molecule has 0 spiro atoms. The molecule has 5 rings (SSSR count). The molecule has 8 heteroatoms. The highest BCUT2D eigenvalue weighted by Gasteiger charge is 2.28. The summed E-state index contributed by atoms with van der Waals surface area (Å²) >= 11 is 0. The van der Waals surface area contributed by atoms with E-state index in [0.717, 1.165) is 74.6 Å². The monoisotopic (exact) mass is 460 g/mol. The molecule has 4 heterocycles. The van der Waals surface area contributed by atoms with Gasteiger partial charge >= 0.3 is 0 Å². The molecule has 2 aliphatic rings. The first-order valence-corrected chi connectivity index (χ1v) is 12.3. The van der Waals surface area contributed by atoms with Crippen LogP contribution in [0.15, 0.2) is 47.1 Å². The quantitative estimate of drug-likeness (QED) is 0.577. The number of aromatic nitrogens is 3. The van der Waals surface area contributed by atoms with Crippen molar-refractivity contribution in [3.8, 4) is 22.8 Å². The van der Waals surface area contributed by atoms with E-state index in [-0.39, 0.29) is 11.8 Å². The van der Waals surface area contributed by atoms with Gasteiger partial charge in [0.25, 0.3) is 5.89 Å². The van der Waals surface area contributed by atoms with Crippen molar-refractivity contribution >= 4 is 11.7 Å². The van der Waals surface area contributed by atoms with Crippen molar-refractivity contribution in [2.45, 2.75) is 32.6 Å². The molecule has 34 heavy (non-hydrogen) atoms. The minimum absolute atomic E-state index is 0.0540. The van der Waals surface area contributed by atoms with Crippen LogP contribution in [0.1, 0.15) is 31.2 Å². The van der Waals surface area contributed by atoms with Crippen LogP contribution < -0.4 is 10.2 Å². The third-order valence-electron chi connectivity index (χ3n) is 6.81. The third-order valence-corrected chi connectivity index (χ3v) is 6.81. The van der Waals surface area contributed by atoms with Gasteiger partial charge in [-0.25, -0.2) is 4.98 Å². The van der Waals surface area contributed by atoms with Crippen molar-refractivity contribution < 1.29 is 9.32 Å². The van der Waals surface area contributed by atoms with Crippen LogP contribution in [0.3, 0.4) is 0 Å². The average Bonchev–Trinajstić information content (AvgIpc) is 3.57. The largest absolute Gasteiger partial charge is 0.356 e. The molecule has 0 unspecified atom stereocenters. The Hall–Kier alpha value is -3.26. The molecule has 0 atom stereocenters. The molecule has 1 N–H and O–H groups in total. The van der Waals surface area contributed by atoms with Gasteiger partial charge in [-0.3, -0.25) is 4.79 Å². The normalized spacial score (nSPS) is 17.3. The number of anilines is 1. The van der Waals surface area contributed by atoms with Gasteiger partial charge in [-0.2, -0.15) is 4.98 Å². The summed E-state index contributed by atoms with van der Waals surface area (Å²) in [6, 6.07) is 11.9. The lowest BCUT2D eigenvalue weighted by Crippen LogP contribution is -2.42. The van der Waals surface area contributed by atoms with E-state index < -0.39 is 0 Å². The number of rotatable bonds is 7. The van der Waals surface area contributed by atoms with E-state index in [1.165, 1.54) is 12.8 Å². The Morgan fingerprint density at radius 2 is 1.94 bits per heavy atom. The molecule has 1 amide bonds. The SMILES string of the molecule is Cc1cccc(-c2noc(-c3cccnc3N3CCC(C(=O)NCCN4CCCC4)CC3)n2)c1. The summed E-state index contributed by atoms with van der Waals surface area (Å²) in [5.74, 6) is 2.09. The van der Waals surface area contributed by atoms with Crippen molar-refractivity contribution in [3.05, 3.63) is 48.2 Å². The molecule has 2 aromatic heterocycles. The Bertz CT molecular complexity index is 1120. The number of hydrogen-bond acceptors (Lipinski definition) is 7. The smallest absolute Gasteiger partial charge is 0.261 e. The zero-order chi connectivity index (χ0) is 23.3. The lowest BCUT2D eigenvalue weighted by Gasteiger charge is -2.33. The maximum Gasteiger partial charge on any atom is 0.261 e. The molecule has 8 nitrogen and oxygen atoms in total. The summed E-state index contributed by atoms with van der Waals surface area (Å²) in [6.45, 7) is 7.60. The van der Waals surface area contributed by atoms with Gasteiger partial charge in [0.15, 0.2) is 0 Å². The number of hydrogen-bond donors (Lipinski definition) is 1. The lowest BCUT2D eigenvalue weighted by molar-refractivity contribution is -0.125. The second kappa shape index (κ2) is 10.3. The zero-order valence-electron chi connectivity index (χ0n) is 19.7. The molecule has 2 aliphatic heterocycles. The highest BCUT2D eigenvalue weighted by atomic mass is 16.5. The fourth-order valence-corrected chi connectivity index (χ4v) is 4.89. The van der Waals surface area contributed by atoms with Crippen LogP contribution in [0.5, 0.6) is 0 Å². The summed E-state index contributed by atoms with van der Waals surface area (Å²) in [7, 11) is 0. The van der Waals surface area contributed by atoms with Gasteiger partial charge in [0, 0.05) is 43.9 Å². The molecule has 0 saturated carbocycles. The first-order valence-electron chi connectivity index (χ1n) is 12.3. The molecule has 0 radical (unpaired) electrons. The summed E-state index contributed by atoms with van der Waals surface area (Å²) in [5.41, 5.74) is 2.90. The van der Waals surface area contributed by atoms with Crippen molar-refractivity contribution in [1.82, 2.24) is 25.3 Å². The number of benzene rings is 1. The molecule has 2 fully saturated rings. The van der Waals surface area contributed by atoms with E-state index in [0.29, 0.717) is 11.7 Å². The summed E-state index contributed by atoms with van der Waals surface area (Å²) in [4.78, 5) is 26.6. The van der Waals surface area contributed by atoms with Crippen LogP contribution in [-0.4, -0.2) is 65.2 Å². The van der Waals surface area contributed by atoms with E-state index in [2.05, 4.69) is 30.2 Å². The van der Waals surface area contributed by atoms with E-state index in [9.17, 15) is 4.79 Å². The fourth-order valence-electron chi connectivity index (χ4n) is 4.89. The predicted octanol–water partition coefficient (Wildman–Crippen LogP) is 3.54. The standard InChI is InChI=1S/C26H32N6O2/c1-19-6-4-7-21(18-19)23-29-26(34-30-23)22-8-5-11-27-24(22)32-15-9-20(10-16-32)25(33)28-12-17-31-13-2-3-14-31/h4-8,11,18,20H,2-3,9-10,12-17H2,1H3,(H,28,33). The number of amides is 1. The number of carbonyl (C=O) groups is 1. The number of piperidine rings is 1. The van der Waals surface area contributed by atoms with E-state index in [1.807, 2.05) is 43.3 Å². The van der Waals surface area contributed by atoms with Gasteiger partial charge in [-0.05, 0) is 63.9 Å². The molecule has 2 saturated heterocycles. The molecular formula is C26H32N6O2. The number of nitrogens with one attached hydrogen (secondary N) is 1. The average molecular weight is 461 g/mol. The minimum Gasteiger partial charge on any atom is -0.356 e. The third kappa shape index (κ3) is 5.12. The van der Waals surface area contributed by atoms with Crippen LogP contribution in [0, 0.1) is 12.8 Å². The van der Waals surface area contributed by atoms with Crippen molar-refractivity contribution in [1.29, 1.82) is 0 Å². The van der Waals surface area contributed by atoms with E-state index in [4.69, 9.17) is 4.52 Å². The second-order valence-electron chi connectivity index (χ2n) is 9.27. The van der Waals surface area contributed by atoms with Crippen molar-refractivity contribution in [3.63, 3.8) is 0 Å². The number of pyridine rings is 1. The van der Waals surface area contributed by atoms with Gasteiger partial charge in [0.05, 0.1) is 5.56 Å². The molecule has 0 bridgehead atoms. The molecular weight excluding hydrogens is 428 g/mol. The highest BCUT2D eigenvalue weighted by molar-refractivity contribution is 5.79. The van der Waals surface area contributed by atoms with Crippen LogP contribution in [-0.2, 0) is 4.79 Å². The fraction of sp³-hybridized carbons (Fsp3) is 0.462. The minimum atomic E-state index is 0.0540. The summed E-state index contributed by atoms with van der Waals surface area (Å²) in [6.07, 6.45) is 5.96. The number of nitrogens with zero attached hydrogens (tertiary/aromatic N) is 5. The maximum absolute atomic E-state index is 12.7. The van der Waals surface area contributed by atoms with Crippen LogP contribution >= 0.6 is 0 Å². The van der Waals surface area contributed by atoms with E-state index >= 15 is 0 Å². The Kier molecular flexibility index (Phi) is 6.85. The first-order chi connectivity index (χ1) is 16.7. The van der Waals surface area contributed by atoms with Crippen molar-refractivity contribution in [2.24, 2.45) is 5.92 Å². The molecule has 1 aromatic carbocycles. The van der Waals surface area contributed by atoms with Crippen LogP contribution in [0.2, 0.25) is 0 Å². The Balaban J connectivity index is 1.21. The lowest BCUT2D eigenvalue weighted by atomic mass is 9.95. The number of likely N-dealkylation sites (tertiary alicyclic amines) is 1. The summed E-state index contributed by atoms with van der Waals surface area (Å²) < 4.78 is 5.63. The van der Waals surface area contributed by atoms with E-state index in [1.54, 1.807) is 6.20 Å². The van der Waals surface area contributed by atoms with Gasteiger partial charge in [0.1, 0.15) is 5.82 Å². The molecule has 3 aromatic rings. The zero-order valence-corrected chi connectivity index (χ0v) is 19.7. The summed E-state index contributed by atoms with van der Waals surface area (Å²) in [5, 5.41) is 7.34. The van der Waals surface area contributed by atoms with Crippen molar-refractivity contribution in [2.75, 3.05) is 44.2 Å². The Labute approximate surface area is 200 Å². The second-order valence-corrected chi connectivity index (χ2v) is 9.27. The maximum atomic E-state index is 12.7. The number of carbonyl (C=O) groups excluding carboxylic acids is 1. The number of aryl methyl sites for hydroxylation is 1. The Morgan fingerprint density at radius 3 is 2.74 bits per heavy atom. The van der Waals surface area contributed by atoms with Crippen LogP contribution in [0.25, 0.3) is 22.8 Å². The highest BCUT2D eigenvalue weighted by Crippen LogP contribution is 2.32. The molecule has 178 valence electrons. The molecule has 0 aliphatic carbocycles. The Morgan fingerprint density at radius 1 is 1.12 bits per heavy atom. The van der Waals surface area contributed by atoms with Gasteiger partial charge in [-0.1, -0.05) is 28.9 Å². The first kappa shape index (κ1) is 22.5. The van der Waals surface area contributed by atoms with Gasteiger partial charge < -0.3 is 19.6 Å².